The molecule has 0 unspecified atom stereocenters. The number of nitrogens with zero attached hydrogens (tertiary/aromatic N) is 2. The van der Waals surface area contributed by atoms with E-state index >= 15 is 0 Å². The van der Waals surface area contributed by atoms with Crippen molar-refractivity contribution in [3.05, 3.63) is 24.0 Å². The molecule has 18 heavy (non-hydrogen) atoms. The Bertz CT molecular complexity index is 513. The summed E-state index contributed by atoms with van der Waals surface area (Å²) in [4.78, 5) is 8.32. The molecule has 2 aromatic rings. The number of rotatable bonds is 4. The molecule has 4 nitrogen and oxygen atoms in total. The van der Waals surface area contributed by atoms with Crippen molar-refractivity contribution in [3.63, 3.8) is 0 Å². The van der Waals surface area contributed by atoms with Gasteiger partial charge in [0.25, 0.3) is 0 Å². The number of nitrogens with two attached hydrogens (primary N) is 1. The monoisotopic (exact) mass is 283 g/mol. The zero-order valence-electron chi connectivity index (χ0n) is 10.8. The smallest absolute Gasteiger partial charge is 0.195 e. The summed E-state index contributed by atoms with van der Waals surface area (Å²) in [6.45, 7) is 6.35. The van der Waals surface area contributed by atoms with Crippen molar-refractivity contribution in [3.8, 4) is 0 Å². The fourth-order valence-electron chi connectivity index (χ4n) is 1.35. The molecule has 0 saturated carbocycles. The molecule has 0 fully saturated rings. The normalized spacial score (nSPS) is 11.9. The summed E-state index contributed by atoms with van der Waals surface area (Å²) in [5.41, 5.74) is 5.59. The van der Waals surface area contributed by atoms with Crippen LogP contribution in [-0.4, -0.2) is 15.7 Å². The molecule has 2 heterocycles. The highest BCUT2D eigenvalue weighted by Gasteiger charge is 2.18. The van der Waals surface area contributed by atoms with Gasteiger partial charge in [-0.25, -0.2) is 9.97 Å². The van der Waals surface area contributed by atoms with Gasteiger partial charge in [-0.1, -0.05) is 32.1 Å². The van der Waals surface area contributed by atoms with Crippen molar-refractivity contribution >= 4 is 28.2 Å². The van der Waals surface area contributed by atoms with Crippen LogP contribution in [0.3, 0.4) is 0 Å². The van der Waals surface area contributed by atoms with E-state index in [9.17, 15) is 0 Å². The summed E-state index contributed by atoms with van der Waals surface area (Å²) < 4.78 is 6.86. The first-order valence-electron chi connectivity index (χ1n) is 5.74. The molecule has 0 atom stereocenters. The second kappa shape index (κ2) is 5.32. The van der Waals surface area contributed by atoms with E-state index in [0.717, 1.165) is 28.0 Å². The molecule has 0 bridgehead atoms. The van der Waals surface area contributed by atoms with Gasteiger partial charge in [0.1, 0.15) is 5.76 Å². The van der Waals surface area contributed by atoms with Crippen LogP contribution in [0.1, 0.15) is 32.4 Å². The number of anilines is 1. The van der Waals surface area contributed by atoms with Crippen molar-refractivity contribution in [1.29, 1.82) is 0 Å². The minimum absolute atomic E-state index is 0.0184. The Morgan fingerprint density at radius 3 is 2.67 bits per heavy atom. The van der Waals surface area contributed by atoms with E-state index in [1.54, 1.807) is 18.0 Å². The predicted octanol–water partition coefficient (Wildman–Crippen LogP) is 3.35. The van der Waals surface area contributed by atoms with Gasteiger partial charge < -0.3 is 10.2 Å². The van der Waals surface area contributed by atoms with Gasteiger partial charge in [-0.05, 0) is 0 Å². The molecule has 2 rings (SSSR count). The van der Waals surface area contributed by atoms with Crippen molar-refractivity contribution in [2.75, 3.05) is 11.5 Å². The molecule has 6 heteroatoms. The third-order valence-electron chi connectivity index (χ3n) is 2.36. The third-order valence-corrected chi connectivity index (χ3v) is 4.38. The van der Waals surface area contributed by atoms with Gasteiger partial charge in [-0.3, -0.25) is 0 Å². The molecule has 2 aromatic heterocycles. The van der Waals surface area contributed by atoms with Crippen LogP contribution in [0.5, 0.6) is 0 Å². The second-order valence-corrected chi connectivity index (χ2v) is 7.44. The van der Waals surface area contributed by atoms with Gasteiger partial charge >= 0.3 is 0 Å². The fourth-order valence-corrected chi connectivity index (χ4v) is 3.11. The van der Waals surface area contributed by atoms with E-state index in [1.165, 1.54) is 11.3 Å². The number of aryl methyl sites for hydroxylation is 1. The Labute approximate surface area is 115 Å². The lowest BCUT2D eigenvalue weighted by molar-refractivity contribution is 0.385. The summed E-state index contributed by atoms with van der Waals surface area (Å²) in [6.07, 6.45) is 4.45. The van der Waals surface area contributed by atoms with Gasteiger partial charge in [0.15, 0.2) is 11.0 Å². The number of oxazole rings is 1. The van der Waals surface area contributed by atoms with Gasteiger partial charge in [-0.2, -0.15) is 0 Å². The molecule has 0 spiro atoms. The molecule has 0 aromatic carbocycles. The van der Waals surface area contributed by atoms with Gasteiger partial charge in [0, 0.05) is 17.6 Å². The first-order valence-corrected chi connectivity index (χ1v) is 7.54. The highest BCUT2D eigenvalue weighted by molar-refractivity contribution is 8.01. The van der Waals surface area contributed by atoms with E-state index in [-0.39, 0.29) is 5.41 Å². The number of nitrogen functional groups attached to an aromatic ring is 1. The standard InChI is InChI=1S/C12H17N3OS2/c1-12(2,3)8-6-14-9(16-8)4-5-17-10-7-15-11(13)18-10/h6-7H,4-5H2,1-3H3,(H2,13,15). The van der Waals surface area contributed by atoms with E-state index < -0.39 is 0 Å². The number of aromatic nitrogens is 2. The molecule has 0 aliphatic heterocycles. The maximum Gasteiger partial charge on any atom is 0.195 e. The number of thiazole rings is 1. The summed E-state index contributed by atoms with van der Waals surface area (Å²) in [5, 5.41) is 0.614. The van der Waals surface area contributed by atoms with Gasteiger partial charge in [0.05, 0.1) is 16.6 Å². The van der Waals surface area contributed by atoms with Crippen LogP contribution in [0.15, 0.2) is 21.0 Å². The van der Waals surface area contributed by atoms with Gasteiger partial charge in [-0.15, -0.1) is 11.8 Å². The number of thioether (sulfide) groups is 1. The lowest BCUT2D eigenvalue weighted by Gasteiger charge is -2.13. The van der Waals surface area contributed by atoms with Crippen LogP contribution in [0.25, 0.3) is 0 Å². The zero-order chi connectivity index (χ0) is 13.2. The topological polar surface area (TPSA) is 64.9 Å². The van der Waals surface area contributed by atoms with Crippen LogP contribution < -0.4 is 5.73 Å². The third kappa shape index (κ3) is 3.49. The minimum Gasteiger partial charge on any atom is -0.445 e. The van der Waals surface area contributed by atoms with E-state index in [0.29, 0.717) is 5.13 Å². The fraction of sp³-hybridized carbons (Fsp3) is 0.500. The average molecular weight is 283 g/mol. The average Bonchev–Trinajstić information content (AvgIpc) is 2.87. The van der Waals surface area contributed by atoms with E-state index in [4.69, 9.17) is 10.2 Å². The first-order chi connectivity index (χ1) is 8.45. The first kappa shape index (κ1) is 13.4. The highest BCUT2D eigenvalue weighted by Crippen LogP contribution is 2.27. The number of hydrogen-bond acceptors (Lipinski definition) is 6. The summed E-state index contributed by atoms with van der Waals surface area (Å²) in [7, 11) is 0. The molecule has 0 radical (unpaired) electrons. The lowest BCUT2D eigenvalue weighted by atomic mass is 9.94. The van der Waals surface area contributed by atoms with Crippen molar-refractivity contribution < 1.29 is 4.42 Å². The quantitative estimate of drug-likeness (QED) is 0.872. The summed E-state index contributed by atoms with van der Waals surface area (Å²) in [5.74, 6) is 2.65. The molecule has 98 valence electrons. The molecular formula is C12H17N3OS2. The Morgan fingerprint density at radius 2 is 2.11 bits per heavy atom. The highest BCUT2D eigenvalue weighted by atomic mass is 32.2. The second-order valence-electron chi connectivity index (χ2n) is 4.98. The maximum absolute atomic E-state index is 5.73. The maximum atomic E-state index is 5.73. The van der Waals surface area contributed by atoms with Crippen LogP contribution >= 0.6 is 23.1 Å². The summed E-state index contributed by atoms with van der Waals surface area (Å²) >= 11 is 3.24. The predicted molar refractivity (Wildman–Crippen MR) is 76.2 cm³/mol. The molecular weight excluding hydrogens is 266 g/mol. The van der Waals surface area contributed by atoms with Crippen LogP contribution in [0.4, 0.5) is 5.13 Å². The molecule has 0 amide bonds. The molecule has 0 saturated heterocycles. The lowest BCUT2D eigenvalue weighted by Crippen LogP contribution is -2.09. The molecule has 2 N–H and O–H groups in total. The van der Waals surface area contributed by atoms with Crippen molar-refractivity contribution in [1.82, 2.24) is 9.97 Å². The largest absolute Gasteiger partial charge is 0.445 e. The minimum atomic E-state index is 0.0184. The van der Waals surface area contributed by atoms with E-state index in [1.807, 2.05) is 6.20 Å². The van der Waals surface area contributed by atoms with Crippen LogP contribution in [-0.2, 0) is 11.8 Å². The van der Waals surface area contributed by atoms with Crippen LogP contribution in [0, 0.1) is 0 Å². The Balaban J connectivity index is 1.85. The molecule has 0 aliphatic carbocycles. The number of hydrogen-bond donors (Lipinski definition) is 1. The van der Waals surface area contributed by atoms with Crippen LogP contribution in [0.2, 0.25) is 0 Å². The van der Waals surface area contributed by atoms with E-state index in [2.05, 4.69) is 30.7 Å². The zero-order valence-corrected chi connectivity index (χ0v) is 12.4. The van der Waals surface area contributed by atoms with Crippen molar-refractivity contribution in [2.24, 2.45) is 0 Å². The Morgan fingerprint density at radius 1 is 1.33 bits per heavy atom. The SMILES string of the molecule is CC(C)(C)c1cnc(CCSc2cnc(N)s2)o1. The Hall–Kier alpha value is -1.01. The Kier molecular flexibility index (Phi) is 3.97. The molecule has 0 aliphatic rings. The summed E-state index contributed by atoms with van der Waals surface area (Å²) in [6, 6.07) is 0. The van der Waals surface area contributed by atoms with Gasteiger partial charge in [0.2, 0.25) is 0 Å². The van der Waals surface area contributed by atoms with Crippen molar-refractivity contribution in [2.45, 2.75) is 36.8 Å².